The van der Waals surface area contributed by atoms with E-state index in [1.807, 2.05) is 0 Å². The Morgan fingerprint density at radius 3 is 2.63 bits per heavy atom. The number of carbonyl (C=O) groups excluding carboxylic acids is 2. The summed E-state index contributed by atoms with van der Waals surface area (Å²) in [5.41, 5.74) is 0. The van der Waals surface area contributed by atoms with Crippen molar-refractivity contribution in [2.75, 3.05) is 7.11 Å². The summed E-state index contributed by atoms with van der Waals surface area (Å²) >= 11 is 4.41. The zero-order chi connectivity index (χ0) is 14.4. The Morgan fingerprint density at radius 2 is 2.16 bits per heavy atom. The minimum absolute atomic E-state index is 0.0136. The molecule has 1 amide bonds. The normalized spacial score (nSPS) is 11.7. The Labute approximate surface area is 121 Å². The second-order valence-corrected chi connectivity index (χ2v) is 6.05. The smallest absolute Gasteiger partial charge is 0.326 e. The molecule has 6 nitrogen and oxygen atoms in total. The van der Waals surface area contributed by atoms with E-state index < -0.39 is 23.9 Å². The number of amides is 1. The number of hydrogen-bond acceptors (Lipinski definition) is 5. The van der Waals surface area contributed by atoms with Crippen LogP contribution in [0.15, 0.2) is 15.9 Å². The van der Waals surface area contributed by atoms with E-state index in [-0.39, 0.29) is 12.8 Å². The van der Waals surface area contributed by atoms with Gasteiger partial charge in [-0.2, -0.15) is 0 Å². The van der Waals surface area contributed by atoms with Gasteiger partial charge in [-0.05, 0) is 34.5 Å². The van der Waals surface area contributed by atoms with E-state index in [4.69, 9.17) is 5.11 Å². The number of thiophene rings is 1. The number of halogens is 1. The van der Waals surface area contributed by atoms with Gasteiger partial charge in [0.25, 0.3) is 5.91 Å². The maximum atomic E-state index is 11.8. The molecule has 0 spiro atoms. The highest BCUT2D eigenvalue weighted by molar-refractivity contribution is 9.11. The first kappa shape index (κ1) is 15.6. The molecule has 1 aromatic rings. The van der Waals surface area contributed by atoms with Crippen molar-refractivity contribution in [2.45, 2.75) is 18.9 Å². The predicted molar refractivity (Wildman–Crippen MR) is 72.2 cm³/mol. The standard InChI is InChI=1S/C11H12BrNO5S/c1-18-9(14)5-2-6(11(16)17)13-10(15)7-3-4-8(12)19-7/h3-4,6H,2,5H2,1H3,(H,13,15)(H,16,17)/t6-/m0/s1. The van der Waals surface area contributed by atoms with Crippen molar-refractivity contribution < 1.29 is 24.2 Å². The summed E-state index contributed by atoms with van der Waals surface area (Å²) < 4.78 is 5.20. The number of hydrogen-bond donors (Lipinski definition) is 2. The third-order valence-electron chi connectivity index (χ3n) is 2.27. The van der Waals surface area contributed by atoms with E-state index in [9.17, 15) is 14.4 Å². The third-order valence-corrected chi connectivity index (χ3v) is 3.89. The summed E-state index contributed by atoms with van der Waals surface area (Å²) in [6.07, 6.45) is -0.0812. The molecule has 8 heteroatoms. The van der Waals surface area contributed by atoms with E-state index in [1.54, 1.807) is 12.1 Å². The number of carboxylic acid groups (broad SMARTS) is 1. The van der Waals surface area contributed by atoms with Gasteiger partial charge in [-0.1, -0.05) is 0 Å². The summed E-state index contributed by atoms with van der Waals surface area (Å²) in [4.78, 5) is 34.2. The average Bonchev–Trinajstić information content (AvgIpc) is 2.80. The van der Waals surface area contributed by atoms with Crippen molar-refractivity contribution >= 4 is 45.1 Å². The fraction of sp³-hybridized carbons (Fsp3) is 0.364. The molecule has 0 saturated carbocycles. The van der Waals surface area contributed by atoms with Gasteiger partial charge in [0.05, 0.1) is 15.8 Å². The quantitative estimate of drug-likeness (QED) is 0.761. The highest BCUT2D eigenvalue weighted by Gasteiger charge is 2.22. The summed E-state index contributed by atoms with van der Waals surface area (Å²) in [7, 11) is 1.22. The lowest BCUT2D eigenvalue weighted by Crippen LogP contribution is -2.40. The van der Waals surface area contributed by atoms with Gasteiger partial charge in [0.15, 0.2) is 0 Å². The maximum absolute atomic E-state index is 11.8. The second kappa shape index (κ2) is 7.25. The summed E-state index contributed by atoms with van der Waals surface area (Å²) in [6.45, 7) is 0. The Bertz CT molecular complexity index is 487. The molecular formula is C11H12BrNO5S. The first-order valence-corrected chi connectivity index (χ1v) is 6.90. The van der Waals surface area contributed by atoms with Crippen LogP contribution in [-0.4, -0.2) is 36.1 Å². The van der Waals surface area contributed by atoms with Crippen LogP contribution >= 0.6 is 27.3 Å². The molecule has 0 unspecified atom stereocenters. The van der Waals surface area contributed by atoms with Gasteiger partial charge in [0.2, 0.25) is 0 Å². The van der Waals surface area contributed by atoms with E-state index in [0.717, 1.165) is 3.79 Å². The molecule has 1 rings (SSSR count). The minimum atomic E-state index is -1.19. The van der Waals surface area contributed by atoms with Crippen molar-refractivity contribution in [1.29, 1.82) is 0 Å². The first-order chi connectivity index (χ1) is 8.93. The highest BCUT2D eigenvalue weighted by atomic mass is 79.9. The van der Waals surface area contributed by atoms with Crippen LogP contribution in [0.1, 0.15) is 22.5 Å². The summed E-state index contributed by atoms with van der Waals surface area (Å²) in [5.74, 6) is -2.18. The van der Waals surface area contributed by atoms with E-state index in [0.29, 0.717) is 4.88 Å². The fourth-order valence-corrected chi connectivity index (χ4v) is 2.58. The van der Waals surface area contributed by atoms with E-state index in [2.05, 4.69) is 26.0 Å². The number of methoxy groups -OCH3 is 1. The molecular weight excluding hydrogens is 338 g/mol. The molecule has 0 saturated heterocycles. The molecule has 0 aromatic carbocycles. The van der Waals surface area contributed by atoms with Crippen molar-refractivity contribution in [3.8, 4) is 0 Å². The van der Waals surface area contributed by atoms with Crippen LogP contribution in [0, 0.1) is 0 Å². The van der Waals surface area contributed by atoms with Crippen LogP contribution in [0.3, 0.4) is 0 Å². The number of esters is 1. The Hall–Kier alpha value is -1.41. The van der Waals surface area contributed by atoms with Crippen LogP contribution < -0.4 is 5.32 Å². The molecule has 1 heterocycles. The van der Waals surface area contributed by atoms with Gasteiger partial charge < -0.3 is 15.2 Å². The van der Waals surface area contributed by atoms with Gasteiger partial charge in [0, 0.05) is 6.42 Å². The zero-order valence-electron chi connectivity index (χ0n) is 10.0. The Kier molecular flexibility index (Phi) is 5.97. The molecule has 104 valence electrons. The van der Waals surface area contributed by atoms with Gasteiger partial charge in [-0.3, -0.25) is 9.59 Å². The minimum Gasteiger partial charge on any atom is -0.480 e. The number of rotatable bonds is 6. The number of carboxylic acids is 1. The topological polar surface area (TPSA) is 92.7 Å². The molecule has 19 heavy (non-hydrogen) atoms. The van der Waals surface area contributed by atoms with Crippen molar-refractivity contribution in [3.05, 3.63) is 20.8 Å². The molecule has 1 atom stereocenters. The van der Waals surface area contributed by atoms with Crippen molar-refractivity contribution in [3.63, 3.8) is 0 Å². The van der Waals surface area contributed by atoms with Crippen LogP contribution in [-0.2, 0) is 14.3 Å². The number of nitrogens with one attached hydrogen (secondary N) is 1. The monoisotopic (exact) mass is 349 g/mol. The van der Waals surface area contributed by atoms with Crippen LogP contribution in [0.25, 0.3) is 0 Å². The third kappa shape index (κ3) is 4.99. The zero-order valence-corrected chi connectivity index (χ0v) is 12.4. The summed E-state index contributed by atoms with van der Waals surface area (Å²) in [6, 6.07) is 2.17. The molecule has 0 radical (unpaired) electrons. The number of aliphatic carboxylic acids is 1. The van der Waals surface area contributed by atoms with E-state index in [1.165, 1.54) is 18.4 Å². The fourth-order valence-electron chi connectivity index (χ4n) is 1.29. The van der Waals surface area contributed by atoms with Crippen LogP contribution in [0.5, 0.6) is 0 Å². The molecule has 2 N–H and O–H groups in total. The summed E-state index contributed by atoms with van der Waals surface area (Å²) in [5, 5.41) is 11.4. The van der Waals surface area contributed by atoms with Crippen LogP contribution in [0.4, 0.5) is 0 Å². The number of carbonyl (C=O) groups is 3. The van der Waals surface area contributed by atoms with Gasteiger partial charge >= 0.3 is 11.9 Å². The SMILES string of the molecule is COC(=O)CC[C@H](NC(=O)c1ccc(Br)s1)C(=O)O. The lowest BCUT2D eigenvalue weighted by molar-refractivity contribution is -0.142. The van der Waals surface area contributed by atoms with Crippen molar-refractivity contribution in [1.82, 2.24) is 5.32 Å². The molecule has 0 aliphatic heterocycles. The second-order valence-electron chi connectivity index (χ2n) is 3.58. The van der Waals surface area contributed by atoms with E-state index >= 15 is 0 Å². The van der Waals surface area contributed by atoms with Gasteiger partial charge in [-0.15, -0.1) is 11.3 Å². The van der Waals surface area contributed by atoms with Crippen LogP contribution in [0.2, 0.25) is 0 Å². The van der Waals surface area contributed by atoms with Crippen molar-refractivity contribution in [2.24, 2.45) is 0 Å². The molecule has 0 fully saturated rings. The largest absolute Gasteiger partial charge is 0.480 e. The molecule has 0 aliphatic rings. The lowest BCUT2D eigenvalue weighted by atomic mass is 10.1. The predicted octanol–water partition coefficient (Wildman–Crippen LogP) is 1.65. The molecule has 0 aliphatic carbocycles. The highest BCUT2D eigenvalue weighted by Crippen LogP contribution is 2.22. The average molecular weight is 350 g/mol. The Morgan fingerprint density at radius 1 is 1.47 bits per heavy atom. The van der Waals surface area contributed by atoms with Gasteiger partial charge in [0.1, 0.15) is 6.04 Å². The molecule has 0 bridgehead atoms. The maximum Gasteiger partial charge on any atom is 0.326 e. The first-order valence-electron chi connectivity index (χ1n) is 5.30. The molecule has 1 aromatic heterocycles. The lowest BCUT2D eigenvalue weighted by Gasteiger charge is -2.13. The van der Waals surface area contributed by atoms with Gasteiger partial charge in [-0.25, -0.2) is 4.79 Å². The Balaban J connectivity index is 2.61. The number of ether oxygens (including phenoxy) is 1.